The van der Waals surface area contributed by atoms with Crippen molar-refractivity contribution in [3.05, 3.63) is 86.5 Å². The first-order valence-corrected chi connectivity index (χ1v) is 9.91. The SMILES string of the molecule is O=C1C(=Cc2ccc(-c3cccc([N+](=O)[O-])c3)o2)SC(=S)N1c1ccc(Cl)cc1. The van der Waals surface area contributed by atoms with Gasteiger partial charge in [-0.05, 0) is 36.4 Å². The number of amides is 1. The molecule has 0 spiro atoms. The predicted octanol–water partition coefficient (Wildman–Crippen LogP) is 5.91. The molecule has 0 bridgehead atoms. The molecule has 1 aromatic heterocycles. The van der Waals surface area contributed by atoms with Gasteiger partial charge in [0.25, 0.3) is 11.6 Å². The van der Waals surface area contributed by atoms with Gasteiger partial charge < -0.3 is 4.42 Å². The number of anilines is 1. The summed E-state index contributed by atoms with van der Waals surface area (Å²) in [5, 5.41) is 11.5. The fourth-order valence-electron chi connectivity index (χ4n) is 2.77. The number of furan rings is 1. The lowest BCUT2D eigenvalue weighted by molar-refractivity contribution is -0.384. The summed E-state index contributed by atoms with van der Waals surface area (Å²) < 4.78 is 6.17. The maximum absolute atomic E-state index is 12.8. The summed E-state index contributed by atoms with van der Waals surface area (Å²) in [6.45, 7) is 0. The van der Waals surface area contributed by atoms with E-state index in [1.165, 1.54) is 28.8 Å². The van der Waals surface area contributed by atoms with Crippen LogP contribution in [0.4, 0.5) is 11.4 Å². The summed E-state index contributed by atoms with van der Waals surface area (Å²) in [4.78, 5) is 25.2. The summed E-state index contributed by atoms with van der Waals surface area (Å²) in [5.74, 6) is 0.659. The molecule has 29 heavy (non-hydrogen) atoms. The van der Waals surface area contributed by atoms with Crippen LogP contribution < -0.4 is 4.90 Å². The Morgan fingerprint density at radius 1 is 1.14 bits per heavy atom. The van der Waals surface area contributed by atoms with Gasteiger partial charge in [0.2, 0.25) is 0 Å². The molecule has 2 heterocycles. The van der Waals surface area contributed by atoms with E-state index in [9.17, 15) is 14.9 Å². The van der Waals surface area contributed by atoms with Crippen LogP contribution in [-0.2, 0) is 4.79 Å². The van der Waals surface area contributed by atoms with Crippen LogP contribution in [0.15, 0.2) is 70.0 Å². The monoisotopic (exact) mass is 442 g/mol. The number of carbonyl (C=O) groups is 1. The third-order valence-electron chi connectivity index (χ3n) is 4.12. The van der Waals surface area contributed by atoms with Gasteiger partial charge in [-0.1, -0.05) is 47.7 Å². The van der Waals surface area contributed by atoms with Crippen LogP contribution >= 0.6 is 35.6 Å². The van der Waals surface area contributed by atoms with Crippen molar-refractivity contribution in [3.63, 3.8) is 0 Å². The largest absolute Gasteiger partial charge is 0.457 e. The van der Waals surface area contributed by atoms with Crippen molar-refractivity contribution in [3.8, 4) is 11.3 Å². The van der Waals surface area contributed by atoms with Crippen LogP contribution in [0.25, 0.3) is 17.4 Å². The van der Waals surface area contributed by atoms with Gasteiger partial charge in [-0.15, -0.1) is 0 Å². The Morgan fingerprint density at radius 2 is 1.90 bits per heavy atom. The molecule has 0 N–H and O–H groups in total. The summed E-state index contributed by atoms with van der Waals surface area (Å²) in [6.07, 6.45) is 1.61. The standard InChI is InChI=1S/C20H11ClN2O4S2/c21-13-4-6-14(7-5-13)22-19(24)18(29-20(22)28)11-16-8-9-17(27-16)12-2-1-3-15(10-12)23(25)26/h1-11H. The van der Waals surface area contributed by atoms with E-state index >= 15 is 0 Å². The number of hydrogen-bond donors (Lipinski definition) is 0. The highest BCUT2D eigenvalue weighted by atomic mass is 35.5. The molecule has 3 aromatic rings. The molecule has 1 amide bonds. The number of hydrogen-bond acceptors (Lipinski definition) is 6. The van der Waals surface area contributed by atoms with E-state index < -0.39 is 4.92 Å². The Balaban J connectivity index is 1.60. The van der Waals surface area contributed by atoms with Gasteiger partial charge >= 0.3 is 0 Å². The number of thiocarbonyl (C=S) groups is 1. The molecule has 4 rings (SSSR count). The molecule has 0 atom stereocenters. The lowest BCUT2D eigenvalue weighted by Gasteiger charge is -2.14. The van der Waals surface area contributed by atoms with Gasteiger partial charge in [0.15, 0.2) is 4.32 Å². The Kier molecular flexibility index (Phi) is 5.23. The van der Waals surface area contributed by atoms with E-state index in [0.29, 0.717) is 37.0 Å². The lowest BCUT2D eigenvalue weighted by Crippen LogP contribution is -2.27. The molecule has 1 fully saturated rings. The van der Waals surface area contributed by atoms with Crippen molar-refractivity contribution in [1.29, 1.82) is 0 Å². The number of carbonyl (C=O) groups excluding carboxylic acids is 1. The highest BCUT2D eigenvalue weighted by Gasteiger charge is 2.33. The summed E-state index contributed by atoms with van der Waals surface area (Å²) in [5.41, 5.74) is 1.19. The van der Waals surface area contributed by atoms with E-state index in [4.69, 9.17) is 28.2 Å². The van der Waals surface area contributed by atoms with Crippen LogP contribution in [0.3, 0.4) is 0 Å². The van der Waals surface area contributed by atoms with Gasteiger partial charge in [-0.25, -0.2) is 0 Å². The van der Waals surface area contributed by atoms with Gasteiger partial charge in [0, 0.05) is 28.8 Å². The summed E-state index contributed by atoms with van der Waals surface area (Å²) in [6, 6.07) is 16.4. The number of nitro groups is 1. The molecular weight excluding hydrogens is 432 g/mol. The van der Waals surface area contributed by atoms with Crippen molar-refractivity contribution in [2.75, 3.05) is 4.90 Å². The van der Waals surface area contributed by atoms with Gasteiger partial charge in [-0.3, -0.25) is 19.8 Å². The third kappa shape index (κ3) is 3.95. The van der Waals surface area contributed by atoms with E-state index in [2.05, 4.69) is 0 Å². The molecule has 9 heteroatoms. The molecule has 1 saturated heterocycles. The maximum Gasteiger partial charge on any atom is 0.270 e. The average molecular weight is 443 g/mol. The van der Waals surface area contributed by atoms with Crippen LogP contribution in [-0.4, -0.2) is 15.2 Å². The first-order chi connectivity index (χ1) is 13.9. The molecule has 0 aliphatic carbocycles. The number of rotatable bonds is 4. The van der Waals surface area contributed by atoms with Gasteiger partial charge in [-0.2, -0.15) is 0 Å². The zero-order chi connectivity index (χ0) is 20.5. The van der Waals surface area contributed by atoms with Crippen molar-refractivity contribution >= 4 is 63.3 Å². The van der Waals surface area contributed by atoms with E-state index in [0.717, 1.165) is 0 Å². The number of non-ortho nitro benzene ring substituents is 1. The first kappa shape index (κ1) is 19.4. The van der Waals surface area contributed by atoms with Crippen LogP contribution in [0.2, 0.25) is 5.02 Å². The second kappa shape index (κ2) is 7.82. The van der Waals surface area contributed by atoms with Crippen LogP contribution in [0.5, 0.6) is 0 Å². The zero-order valence-electron chi connectivity index (χ0n) is 14.6. The van der Waals surface area contributed by atoms with Crippen molar-refractivity contribution in [2.24, 2.45) is 0 Å². The van der Waals surface area contributed by atoms with Crippen LogP contribution in [0.1, 0.15) is 5.76 Å². The molecular formula is C20H11ClN2O4S2. The summed E-state index contributed by atoms with van der Waals surface area (Å²) in [7, 11) is 0. The number of halogens is 1. The minimum absolute atomic E-state index is 0.0238. The molecule has 6 nitrogen and oxygen atoms in total. The Hall–Kier alpha value is -2.94. The quantitative estimate of drug-likeness (QED) is 0.216. The van der Waals surface area contributed by atoms with E-state index in [-0.39, 0.29) is 11.6 Å². The minimum atomic E-state index is -0.463. The molecule has 0 radical (unpaired) electrons. The average Bonchev–Trinajstić information content (AvgIpc) is 3.28. The third-order valence-corrected chi connectivity index (χ3v) is 5.67. The first-order valence-electron chi connectivity index (χ1n) is 8.30. The van der Waals surface area contributed by atoms with Crippen molar-refractivity contribution < 1.29 is 14.1 Å². The van der Waals surface area contributed by atoms with Crippen LogP contribution in [0, 0.1) is 10.1 Å². The molecule has 0 saturated carbocycles. The molecule has 2 aromatic carbocycles. The Morgan fingerprint density at radius 3 is 2.62 bits per heavy atom. The molecule has 144 valence electrons. The highest BCUT2D eigenvalue weighted by Crippen LogP contribution is 2.37. The fraction of sp³-hybridized carbons (Fsp3) is 0. The van der Waals surface area contributed by atoms with Crippen molar-refractivity contribution in [2.45, 2.75) is 0 Å². The topological polar surface area (TPSA) is 76.6 Å². The van der Waals surface area contributed by atoms with Gasteiger partial charge in [0.05, 0.1) is 15.5 Å². The summed E-state index contributed by atoms with van der Waals surface area (Å²) >= 11 is 12.4. The normalized spacial score (nSPS) is 15.3. The minimum Gasteiger partial charge on any atom is -0.457 e. The zero-order valence-corrected chi connectivity index (χ0v) is 17.0. The fourth-order valence-corrected chi connectivity index (χ4v) is 4.17. The van der Waals surface area contributed by atoms with Crippen molar-refractivity contribution in [1.82, 2.24) is 0 Å². The molecule has 1 aliphatic heterocycles. The second-order valence-electron chi connectivity index (χ2n) is 6.00. The Bertz CT molecular complexity index is 1170. The number of thioether (sulfide) groups is 1. The number of nitro benzene ring substituents is 1. The maximum atomic E-state index is 12.8. The highest BCUT2D eigenvalue weighted by molar-refractivity contribution is 8.27. The number of benzene rings is 2. The Labute approximate surface area is 179 Å². The smallest absolute Gasteiger partial charge is 0.270 e. The number of nitrogens with zero attached hydrogens (tertiary/aromatic N) is 2. The predicted molar refractivity (Wildman–Crippen MR) is 118 cm³/mol. The van der Waals surface area contributed by atoms with Gasteiger partial charge in [0.1, 0.15) is 11.5 Å². The lowest BCUT2D eigenvalue weighted by atomic mass is 10.1. The molecule has 0 unspecified atom stereocenters. The van der Waals surface area contributed by atoms with E-state index in [1.807, 2.05) is 0 Å². The van der Waals surface area contributed by atoms with E-state index in [1.54, 1.807) is 54.6 Å². The molecule has 1 aliphatic rings. The second-order valence-corrected chi connectivity index (χ2v) is 8.12.